The van der Waals surface area contributed by atoms with Gasteiger partial charge in [-0.2, -0.15) is 0 Å². The second-order valence-corrected chi connectivity index (χ2v) is 5.51. The van der Waals surface area contributed by atoms with Crippen LogP contribution in [0.3, 0.4) is 0 Å². The minimum atomic E-state index is -0.267. The number of rotatable bonds is 1. The molecule has 0 aromatic carbocycles. The van der Waals surface area contributed by atoms with Gasteiger partial charge in [-0.15, -0.1) is 0 Å². The van der Waals surface area contributed by atoms with E-state index >= 15 is 0 Å². The monoisotopic (exact) mass is 224 g/mol. The first-order valence-electron chi connectivity index (χ1n) is 6.21. The summed E-state index contributed by atoms with van der Waals surface area (Å²) in [5, 5.41) is 3.40. The van der Waals surface area contributed by atoms with Crippen molar-refractivity contribution in [2.24, 2.45) is 11.3 Å². The van der Waals surface area contributed by atoms with E-state index in [-0.39, 0.29) is 11.4 Å². The molecule has 0 aromatic rings. The molecule has 0 radical (unpaired) electrons. The van der Waals surface area contributed by atoms with Crippen LogP contribution in [0.25, 0.3) is 0 Å². The molecule has 0 aliphatic carbocycles. The Kier molecular flexibility index (Phi) is 2.27. The van der Waals surface area contributed by atoms with Gasteiger partial charge in [-0.25, -0.2) is 0 Å². The van der Waals surface area contributed by atoms with Crippen molar-refractivity contribution in [3.63, 3.8) is 0 Å². The molecule has 4 nitrogen and oxygen atoms in total. The molecule has 4 unspecified atom stereocenters. The van der Waals surface area contributed by atoms with Gasteiger partial charge < -0.3 is 10.1 Å². The van der Waals surface area contributed by atoms with Gasteiger partial charge in [0, 0.05) is 18.6 Å². The minimum Gasteiger partial charge on any atom is -0.468 e. The normalized spacial score (nSPS) is 46.8. The van der Waals surface area contributed by atoms with E-state index in [1.807, 2.05) is 0 Å². The molecule has 3 rings (SSSR count). The summed E-state index contributed by atoms with van der Waals surface area (Å²) in [6.45, 7) is 1.78. The van der Waals surface area contributed by atoms with Crippen molar-refractivity contribution < 1.29 is 9.53 Å². The van der Waals surface area contributed by atoms with E-state index < -0.39 is 0 Å². The molecule has 3 saturated heterocycles. The Bertz CT molecular complexity index is 320. The molecular formula is C12H20N2O2. The molecule has 90 valence electrons. The maximum Gasteiger partial charge on any atom is 0.315 e. The lowest BCUT2D eigenvalue weighted by atomic mass is 9.68. The predicted octanol–water partition coefficient (Wildman–Crippen LogP) is 0.232. The topological polar surface area (TPSA) is 41.6 Å². The Morgan fingerprint density at radius 1 is 1.50 bits per heavy atom. The molecule has 0 aromatic heterocycles. The lowest BCUT2D eigenvalue weighted by molar-refractivity contribution is -0.162. The Hall–Kier alpha value is -0.610. The van der Waals surface area contributed by atoms with Crippen LogP contribution < -0.4 is 5.32 Å². The smallest absolute Gasteiger partial charge is 0.315 e. The first kappa shape index (κ1) is 10.5. The van der Waals surface area contributed by atoms with E-state index in [9.17, 15) is 4.79 Å². The van der Waals surface area contributed by atoms with Crippen LogP contribution in [0.4, 0.5) is 0 Å². The molecule has 16 heavy (non-hydrogen) atoms. The maximum absolute atomic E-state index is 12.2. The SMILES string of the molecule is COC(=O)C12CNCC1CC1CCC2N1C. The van der Waals surface area contributed by atoms with Crippen molar-refractivity contribution >= 4 is 5.97 Å². The Morgan fingerprint density at radius 3 is 3.06 bits per heavy atom. The van der Waals surface area contributed by atoms with Gasteiger partial charge in [-0.05, 0) is 38.8 Å². The molecule has 2 bridgehead atoms. The zero-order chi connectivity index (χ0) is 11.3. The summed E-state index contributed by atoms with van der Waals surface area (Å²) >= 11 is 0. The number of ether oxygens (including phenoxy) is 1. The highest BCUT2D eigenvalue weighted by atomic mass is 16.5. The van der Waals surface area contributed by atoms with E-state index in [2.05, 4.69) is 17.3 Å². The summed E-state index contributed by atoms with van der Waals surface area (Å²) in [5.74, 6) is 0.480. The third-order valence-electron chi connectivity index (χ3n) is 5.09. The Morgan fingerprint density at radius 2 is 2.31 bits per heavy atom. The van der Waals surface area contributed by atoms with Crippen LogP contribution in [-0.4, -0.2) is 50.2 Å². The van der Waals surface area contributed by atoms with Crippen LogP contribution in [0.15, 0.2) is 0 Å². The Balaban J connectivity index is 2.01. The second kappa shape index (κ2) is 3.44. The maximum atomic E-state index is 12.2. The zero-order valence-corrected chi connectivity index (χ0v) is 10.0. The van der Waals surface area contributed by atoms with Gasteiger partial charge in [0.25, 0.3) is 0 Å². The van der Waals surface area contributed by atoms with E-state index in [0.29, 0.717) is 18.0 Å². The summed E-state index contributed by atoms with van der Waals surface area (Å²) in [6.07, 6.45) is 3.54. The third-order valence-corrected chi connectivity index (χ3v) is 5.09. The highest BCUT2D eigenvalue weighted by molar-refractivity contribution is 5.79. The van der Waals surface area contributed by atoms with Crippen molar-refractivity contribution in [3.05, 3.63) is 0 Å². The van der Waals surface area contributed by atoms with Gasteiger partial charge in [-0.1, -0.05) is 0 Å². The molecule has 3 aliphatic heterocycles. The van der Waals surface area contributed by atoms with Gasteiger partial charge in [0.1, 0.15) is 0 Å². The van der Waals surface area contributed by atoms with Crippen molar-refractivity contribution in [3.8, 4) is 0 Å². The van der Waals surface area contributed by atoms with Crippen LogP contribution in [0, 0.1) is 11.3 Å². The first-order chi connectivity index (χ1) is 7.70. The molecule has 4 atom stereocenters. The highest BCUT2D eigenvalue weighted by Crippen LogP contribution is 2.51. The number of esters is 1. The summed E-state index contributed by atoms with van der Waals surface area (Å²) in [7, 11) is 3.69. The first-order valence-corrected chi connectivity index (χ1v) is 6.21. The van der Waals surface area contributed by atoms with Gasteiger partial charge in [0.2, 0.25) is 0 Å². The molecule has 3 heterocycles. The molecule has 0 saturated carbocycles. The molecule has 4 heteroatoms. The average molecular weight is 224 g/mol. The van der Waals surface area contributed by atoms with Crippen molar-refractivity contribution in [2.75, 3.05) is 27.2 Å². The van der Waals surface area contributed by atoms with Crippen molar-refractivity contribution in [1.29, 1.82) is 0 Å². The number of hydrogen-bond acceptors (Lipinski definition) is 4. The molecule has 3 fully saturated rings. The van der Waals surface area contributed by atoms with E-state index in [4.69, 9.17) is 4.74 Å². The largest absolute Gasteiger partial charge is 0.468 e. The summed E-state index contributed by atoms with van der Waals surface area (Å²) in [4.78, 5) is 14.6. The Labute approximate surface area is 96.3 Å². The summed E-state index contributed by atoms with van der Waals surface area (Å²) < 4.78 is 5.09. The number of fused-ring (bicyclic) bond motifs is 4. The van der Waals surface area contributed by atoms with Crippen molar-refractivity contribution in [1.82, 2.24) is 10.2 Å². The number of nitrogens with one attached hydrogen (secondary N) is 1. The lowest BCUT2D eigenvalue weighted by Gasteiger charge is -2.46. The van der Waals surface area contributed by atoms with Crippen LogP contribution in [-0.2, 0) is 9.53 Å². The quantitative estimate of drug-likeness (QED) is 0.648. The van der Waals surface area contributed by atoms with Gasteiger partial charge in [0.05, 0.1) is 12.5 Å². The number of carbonyl (C=O) groups is 1. The van der Waals surface area contributed by atoms with Crippen molar-refractivity contribution in [2.45, 2.75) is 31.3 Å². The number of piperidine rings is 1. The molecular weight excluding hydrogens is 204 g/mol. The fraction of sp³-hybridized carbons (Fsp3) is 0.917. The average Bonchev–Trinajstić information content (AvgIpc) is 2.82. The number of methoxy groups -OCH3 is 1. The molecule has 3 aliphatic rings. The second-order valence-electron chi connectivity index (χ2n) is 5.51. The minimum absolute atomic E-state index is 0.000278. The predicted molar refractivity (Wildman–Crippen MR) is 60.0 cm³/mol. The number of carbonyl (C=O) groups excluding carboxylic acids is 1. The molecule has 1 N–H and O–H groups in total. The van der Waals surface area contributed by atoms with Crippen LogP contribution in [0.1, 0.15) is 19.3 Å². The highest BCUT2D eigenvalue weighted by Gasteiger charge is 2.62. The lowest BCUT2D eigenvalue weighted by Crippen LogP contribution is -2.58. The standard InChI is InChI=1S/C12H20N2O2/c1-14-9-3-4-10(14)12(11(15)16-2)7-13-6-8(12)5-9/h8-10,13H,3-7H2,1-2H3. The number of nitrogens with zero attached hydrogens (tertiary/aromatic N) is 1. The zero-order valence-electron chi connectivity index (χ0n) is 10.0. The van der Waals surface area contributed by atoms with Gasteiger partial charge in [-0.3, -0.25) is 9.69 Å². The van der Waals surface area contributed by atoms with E-state index in [0.717, 1.165) is 25.9 Å². The van der Waals surface area contributed by atoms with Crippen LogP contribution in [0.2, 0.25) is 0 Å². The van der Waals surface area contributed by atoms with E-state index in [1.165, 1.54) is 13.5 Å². The third kappa shape index (κ3) is 1.09. The fourth-order valence-electron chi connectivity index (χ4n) is 4.27. The van der Waals surface area contributed by atoms with Crippen LogP contribution in [0.5, 0.6) is 0 Å². The van der Waals surface area contributed by atoms with E-state index in [1.54, 1.807) is 0 Å². The molecule has 0 spiro atoms. The summed E-state index contributed by atoms with van der Waals surface area (Å²) in [5.41, 5.74) is -0.267. The fourth-order valence-corrected chi connectivity index (χ4v) is 4.27. The molecule has 0 amide bonds. The summed E-state index contributed by atoms with van der Waals surface area (Å²) in [6, 6.07) is 1.08. The van der Waals surface area contributed by atoms with Crippen LogP contribution >= 0.6 is 0 Å². The number of hydrogen-bond donors (Lipinski definition) is 1. The van der Waals surface area contributed by atoms with Gasteiger partial charge in [0.15, 0.2) is 0 Å². The van der Waals surface area contributed by atoms with Gasteiger partial charge >= 0.3 is 5.97 Å².